The Kier molecular flexibility index (Phi) is 5.03. The van der Waals surface area contributed by atoms with Gasteiger partial charge in [0.25, 0.3) is 5.91 Å². The zero-order valence-corrected chi connectivity index (χ0v) is 14.3. The molecule has 0 fully saturated rings. The van der Waals surface area contributed by atoms with Gasteiger partial charge in [-0.05, 0) is 38.0 Å². The van der Waals surface area contributed by atoms with Gasteiger partial charge in [0.05, 0.1) is 30.0 Å². The Morgan fingerprint density at radius 1 is 1.28 bits per heavy atom. The summed E-state index contributed by atoms with van der Waals surface area (Å²) in [6.45, 7) is 5.45. The maximum Gasteiger partial charge on any atom is 0.319 e. The minimum Gasteiger partial charge on any atom is -0.379 e. The van der Waals surface area contributed by atoms with Crippen LogP contribution >= 0.6 is 0 Å². The Labute approximate surface area is 146 Å². The molecule has 134 valence electrons. The van der Waals surface area contributed by atoms with Crippen molar-refractivity contribution < 1.29 is 18.7 Å². The van der Waals surface area contributed by atoms with Gasteiger partial charge >= 0.3 is 6.03 Å². The summed E-state index contributed by atoms with van der Waals surface area (Å²) in [5.74, 6) is -0.468. The molecule has 0 unspecified atom stereocenters. The van der Waals surface area contributed by atoms with E-state index in [4.69, 9.17) is 4.74 Å². The minimum atomic E-state index is -0.561. The van der Waals surface area contributed by atoms with E-state index in [1.807, 2.05) is 13.8 Å². The number of carbonyl (C=O) groups excluding carboxylic acids is 2. The fraction of sp³-hybridized carbons (Fsp3) is 0.444. The molecule has 3 rings (SSSR count). The van der Waals surface area contributed by atoms with Crippen molar-refractivity contribution in [2.45, 2.75) is 32.4 Å². The molecule has 3 amide bonds. The van der Waals surface area contributed by atoms with Gasteiger partial charge < -0.3 is 20.3 Å². The van der Waals surface area contributed by atoms with Gasteiger partial charge in [0.15, 0.2) is 0 Å². The summed E-state index contributed by atoms with van der Waals surface area (Å²) in [7, 11) is 0. The Morgan fingerprint density at radius 2 is 2.00 bits per heavy atom. The van der Waals surface area contributed by atoms with Gasteiger partial charge in [0.2, 0.25) is 0 Å². The predicted octanol–water partition coefficient (Wildman–Crippen LogP) is 2.09. The number of rotatable bonds is 6. The van der Waals surface area contributed by atoms with Crippen LogP contribution in [0, 0.1) is 5.82 Å². The first kappa shape index (κ1) is 17.4. The van der Waals surface area contributed by atoms with Crippen LogP contribution in [-0.4, -0.2) is 42.6 Å². The number of nitrogens with one attached hydrogen (secondary N) is 2. The number of amides is 3. The van der Waals surface area contributed by atoms with Gasteiger partial charge in [-0.25, -0.2) is 9.18 Å². The highest BCUT2D eigenvalue weighted by molar-refractivity contribution is 6.01. The molecular weight excluding hydrogens is 325 g/mol. The van der Waals surface area contributed by atoms with Crippen molar-refractivity contribution in [2.24, 2.45) is 0 Å². The first-order valence-corrected chi connectivity index (χ1v) is 8.42. The molecule has 0 bridgehead atoms. The number of carbonyl (C=O) groups is 2. The van der Waals surface area contributed by atoms with E-state index in [-0.39, 0.29) is 23.9 Å². The van der Waals surface area contributed by atoms with Gasteiger partial charge in [-0.2, -0.15) is 0 Å². The summed E-state index contributed by atoms with van der Waals surface area (Å²) in [6, 6.07) is 4.90. The van der Waals surface area contributed by atoms with Gasteiger partial charge in [0.1, 0.15) is 5.82 Å². The Morgan fingerprint density at radius 3 is 2.68 bits per heavy atom. The molecule has 1 aromatic rings. The van der Waals surface area contributed by atoms with Crippen molar-refractivity contribution in [3.8, 4) is 0 Å². The second-order valence-corrected chi connectivity index (χ2v) is 6.48. The van der Waals surface area contributed by atoms with Crippen molar-refractivity contribution in [3.63, 3.8) is 0 Å². The predicted molar refractivity (Wildman–Crippen MR) is 90.1 cm³/mol. The maximum absolute atomic E-state index is 13.2. The van der Waals surface area contributed by atoms with E-state index in [9.17, 15) is 14.0 Å². The highest BCUT2D eigenvalue weighted by atomic mass is 19.1. The lowest BCUT2D eigenvalue weighted by Crippen LogP contribution is -2.44. The summed E-state index contributed by atoms with van der Waals surface area (Å²) in [5, 5.41) is 5.47. The molecule has 0 aromatic heterocycles. The Balaban J connectivity index is 1.73. The lowest BCUT2D eigenvalue weighted by Gasteiger charge is -2.25. The third-order valence-corrected chi connectivity index (χ3v) is 4.25. The van der Waals surface area contributed by atoms with Crippen LogP contribution in [0.15, 0.2) is 35.5 Å². The van der Waals surface area contributed by atoms with Crippen LogP contribution < -0.4 is 10.6 Å². The second-order valence-electron chi connectivity index (χ2n) is 6.48. The molecule has 1 atom stereocenters. The Bertz CT molecular complexity index is 700. The number of urea groups is 1. The number of hydrogen-bond donors (Lipinski definition) is 2. The fourth-order valence-electron chi connectivity index (χ4n) is 3.09. The fourth-order valence-corrected chi connectivity index (χ4v) is 3.09. The SMILES string of the molecule is CC(C)OCCCN1CC2=C(C1=O)[C@@H](c1ccc(F)cc1)NC(=O)N2. The van der Waals surface area contributed by atoms with Crippen molar-refractivity contribution in [1.82, 2.24) is 15.5 Å². The van der Waals surface area contributed by atoms with Crippen LogP contribution in [0.3, 0.4) is 0 Å². The molecule has 1 aromatic carbocycles. The van der Waals surface area contributed by atoms with Crippen molar-refractivity contribution in [3.05, 3.63) is 46.9 Å². The van der Waals surface area contributed by atoms with Crippen molar-refractivity contribution in [1.29, 1.82) is 0 Å². The smallest absolute Gasteiger partial charge is 0.319 e. The van der Waals surface area contributed by atoms with Gasteiger partial charge in [-0.1, -0.05) is 12.1 Å². The molecule has 2 aliphatic rings. The van der Waals surface area contributed by atoms with Gasteiger partial charge in [-0.15, -0.1) is 0 Å². The number of ether oxygens (including phenoxy) is 1. The molecule has 2 N–H and O–H groups in total. The quantitative estimate of drug-likeness (QED) is 0.774. The zero-order valence-electron chi connectivity index (χ0n) is 14.3. The largest absolute Gasteiger partial charge is 0.379 e. The first-order chi connectivity index (χ1) is 12.0. The number of hydrogen-bond acceptors (Lipinski definition) is 3. The number of nitrogens with zero attached hydrogens (tertiary/aromatic N) is 1. The molecule has 25 heavy (non-hydrogen) atoms. The third-order valence-electron chi connectivity index (χ3n) is 4.25. The summed E-state index contributed by atoms with van der Waals surface area (Å²) in [4.78, 5) is 26.4. The van der Waals surface area contributed by atoms with E-state index < -0.39 is 6.04 Å². The normalized spacial score (nSPS) is 20.0. The molecule has 6 nitrogen and oxygen atoms in total. The topological polar surface area (TPSA) is 70.7 Å². The monoisotopic (exact) mass is 347 g/mol. The van der Waals surface area contributed by atoms with Crippen molar-refractivity contribution >= 4 is 11.9 Å². The summed E-state index contributed by atoms with van der Waals surface area (Å²) < 4.78 is 18.7. The molecule has 2 aliphatic heterocycles. The van der Waals surface area contributed by atoms with Gasteiger partial charge in [0, 0.05) is 13.2 Å². The standard InChI is InChI=1S/C18H22FN3O3/c1-11(2)25-9-3-8-22-10-14-15(17(22)23)16(21-18(24)20-14)12-4-6-13(19)7-5-12/h4-7,11,16H,3,8-10H2,1-2H3,(H2,20,21,24)/t16-/m1/s1. The molecular formula is C18H22FN3O3. The Hall–Kier alpha value is -2.41. The van der Waals surface area contributed by atoms with E-state index in [0.29, 0.717) is 36.5 Å². The average molecular weight is 347 g/mol. The molecule has 0 radical (unpaired) electrons. The van der Waals surface area contributed by atoms with Crippen LogP contribution in [0.1, 0.15) is 31.9 Å². The molecule has 0 spiro atoms. The average Bonchev–Trinajstić information content (AvgIpc) is 2.87. The number of halogens is 1. The van der Waals surface area contributed by atoms with E-state index in [1.165, 1.54) is 12.1 Å². The van der Waals surface area contributed by atoms with Crippen LogP contribution in [0.4, 0.5) is 9.18 Å². The first-order valence-electron chi connectivity index (χ1n) is 8.42. The van der Waals surface area contributed by atoms with Crippen LogP contribution in [0.5, 0.6) is 0 Å². The van der Waals surface area contributed by atoms with Crippen LogP contribution in [0.25, 0.3) is 0 Å². The summed E-state index contributed by atoms with van der Waals surface area (Å²) in [6.07, 6.45) is 0.888. The van der Waals surface area contributed by atoms with Gasteiger partial charge in [-0.3, -0.25) is 4.79 Å². The number of benzene rings is 1. The summed E-state index contributed by atoms with van der Waals surface area (Å²) >= 11 is 0. The highest BCUT2D eigenvalue weighted by Gasteiger charge is 2.40. The lowest BCUT2D eigenvalue weighted by atomic mass is 9.96. The third kappa shape index (κ3) is 3.82. The molecule has 0 aliphatic carbocycles. The van der Waals surface area contributed by atoms with Crippen molar-refractivity contribution in [2.75, 3.05) is 19.7 Å². The van der Waals surface area contributed by atoms with E-state index in [0.717, 1.165) is 6.42 Å². The molecule has 0 saturated carbocycles. The van der Waals surface area contributed by atoms with E-state index in [1.54, 1.807) is 17.0 Å². The molecule has 2 heterocycles. The second kappa shape index (κ2) is 7.23. The van der Waals surface area contributed by atoms with E-state index in [2.05, 4.69) is 10.6 Å². The highest BCUT2D eigenvalue weighted by Crippen LogP contribution is 2.32. The van der Waals surface area contributed by atoms with E-state index >= 15 is 0 Å². The van der Waals surface area contributed by atoms with Crippen LogP contribution in [-0.2, 0) is 9.53 Å². The zero-order chi connectivity index (χ0) is 18.0. The lowest BCUT2D eigenvalue weighted by molar-refractivity contribution is -0.126. The molecule has 0 saturated heterocycles. The molecule has 7 heteroatoms. The maximum atomic E-state index is 13.2. The summed E-state index contributed by atoms with van der Waals surface area (Å²) in [5.41, 5.74) is 1.82. The van der Waals surface area contributed by atoms with Crippen LogP contribution in [0.2, 0.25) is 0 Å². The minimum absolute atomic E-state index is 0.110.